The zero-order valence-corrected chi connectivity index (χ0v) is 66.6. The molecular weight excluding hydrogens is 1290 g/mol. The number of hydrogen-bond donors (Lipinski definition) is 3. The summed E-state index contributed by atoms with van der Waals surface area (Å²) in [4.78, 5) is 72.8. The second-order valence-corrected chi connectivity index (χ2v) is 32.4. The minimum atomic E-state index is -4.96. The van der Waals surface area contributed by atoms with Crippen molar-refractivity contribution >= 4 is 39.5 Å². The molecule has 99 heavy (non-hydrogen) atoms. The fourth-order valence-corrected chi connectivity index (χ4v) is 13.9. The summed E-state index contributed by atoms with van der Waals surface area (Å²) in [6.45, 7) is 9.69. The van der Waals surface area contributed by atoms with Gasteiger partial charge in [-0.1, -0.05) is 369 Å². The van der Waals surface area contributed by atoms with Gasteiger partial charge in [-0.2, -0.15) is 0 Å². The van der Waals surface area contributed by atoms with E-state index in [0.29, 0.717) is 25.7 Å². The Hall–Kier alpha value is -1.94. The van der Waals surface area contributed by atoms with E-state index in [-0.39, 0.29) is 25.7 Å². The van der Waals surface area contributed by atoms with E-state index in [1.54, 1.807) is 0 Å². The Morgan fingerprint density at radius 1 is 0.293 bits per heavy atom. The summed E-state index contributed by atoms with van der Waals surface area (Å²) in [6.07, 6.45) is 61.1. The Morgan fingerprint density at radius 3 is 0.768 bits per heavy atom. The summed E-state index contributed by atoms with van der Waals surface area (Å²) in [5.41, 5.74) is 0. The molecule has 0 saturated heterocycles. The smallest absolute Gasteiger partial charge is 0.462 e. The predicted octanol–water partition coefficient (Wildman–Crippen LogP) is 23.9. The highest BCUT2D eigenvalue weighted by atomic mass is 31.2. The lowest BCUT2D eigenvalue weighted by Gasteiger charge is -2.21. The summed E-state index contributed by atoms with van der Waals surface area (Å²) in [7, 11) is -9.91. The van der Waals surface area contributed by atoms with Crippen molar-refractivity contribution in [1.29, 1.82) is 0 Å². The van der Waals surface area contributed by atoms with Crippen molar-refractivity contribution in [1.82, 2.24) is 0 Å². The molecule has 6 atom stereocenters. The normalized spacial score (nSPS) is 14.2. The fraction of sp³-hybridized carbons (Fsp3) is 0.950. The number of rotatable bonds is 79. The van der Waals surface area contributed by atoms with Gasteiger partial charge in [0, 0.05) is 25.7 Å². The Morgan fingerprint density at radius 2 is 0.515 bits per heavy atom. The molecular formula is C80H156O17P2. The lowest BCUT2D eigenvalue weighted by molar-refractivity contribution is -0.161. The quantitative estimate of drug-likeness (QED) is 0.0222. The minimum absolute atomic E-state index is 0.107. The van der Waals surface area contributed by atoms with Crippen LogP contribution >= 0.6 is 15.6 Å². The monoisotopic (exact) mass is 1450 g/mol. The number of aliphatic hydroxyl groups excluding tert-OH is 1. The molecule has 0 spiro atoms. The number of aliphatic hydroxyl groups is 1. The first-order valence-electron chi connectivity index (χ1n) is 41.5. The van der Waals surface area contributed by atoms with Gasteiger partial charge in [-0.05, 0) is 37.5 Å². The molecule has 3 N–H and O–H groups in total. The number of unbranched alkanes of at least 4 members (excludes halogenated alkanes) is 48. The molecule has 0 aliphatic carbocycles. The molecule has 0 saturated carbocycles. The Kier molecular flexibility index (Phi) is 70.3. The van der Waals surface area contributed by atoms with Crippen LogP contribution in [-0.4, -0.2) is 96.7 Å². The SMILES string of the molecule is CCCCCCCCCCCCCCC(=O)O[C@H](COC(=O)CCCCCCCCCC)COP(=O)(O)OC[C@H](O)COP(=O)(O)OC[C@@H](COC(=O)CCCCCCCCCCCCCCCCC(C)C)OC(=O)CCCCCCCCCCCCCCCCCCCCC(C)CC. The first-order chi connectivity index (χ1) is 47.9. The molecule has 0 rings (SSSR count). The first-order valence-corrected chi connectivity index (χ1v) is 44.5. The molecule has 0 aliphatic heterocycles. The molecule has 0 aliphatic rings. The third-order valence-electron chi connectivity index (χ3n) is 19.1. The van der Waals surface area contributed by atoms with Crippen molar-refractivity contribution in [3.05, 3.63) is 0 Å². The van der Waals surface area contributed by atoms with Gasteiger partial charge in [0.2, 0.25) is 0 Å². The largest absolute Gasteiger partial charge is 0.472 e. The van der Waals surface area contributed by atoms with Crippen LogP contribution in [0, 0.1) is 11.8 Å². The van der Waals surface area contributed by atoms with Crippen LogP contribution in [0.5, 0.6) is 0 Å². The van der Waals surface area contributed by atoms with E-state index < -0.39 is 97.5 Å². The molecule has 0 bridgehead atoms. The molecule has 0 aromatic carbocycles. The topological polar surface area (TPSA) is 237 Å². The lowest BCUT2D eigenvalue weighted by Crippen LogP contribution is -2.30. The maximum atomic E-state index is 13.1. The average Bonchev–Trinajstić information content (AvgIpc) is 1.89. The van der Waals surface area contributed by atoms with E-state index in [1.807, 2.05) is 0 Å². The van der Waals surface area contributed by atoms with E-state index >= 15 is 0 Å². The van der Waals surface area contributed by atoms with Crippen LogP contribution in [0.1, 0.15) is 420 Å². The van der Waals surface area contributed by atoms with Gasteiger partial charge in [0.05, 0.1) is 26.4 Å². The molecule has 0 aromatic rings. The molecule has 19 heteroatoms. The van der Waals surface area contributed by atoms with Crippen LogP contribution in [0.25, 0.3) is 0 Å². The van der Waals surface area contributed by atoms with Crippen molar-refractivity contribution in [3.63, 3.8) is 0 Å². The summed E-state index contributed by atoms with van der Waals surface area (Å²) < 4.78 is 68.6. The molecule has 0 amide bonds. The second-order valence-electron chi connectivity index (χ2n) is 29.5. The van der Waals surface area contributed by atoms with Crippen LogP contribution in [0.3, 0.4) is 0 Å². The van der Waals surface area contributed by atoms with Crippen molar-refractivity contribution in [2.24, 2.45) is 11.8 Å². The number of carbonyl (C=O) groups excluding carboxylic acids is 4. The van der Waals surface area contributed by atoms with Gasteiger partial charge < -0.3 is 33.8 Å². The van der Waals surface area contributed by atoms with Crippen molar-refractivity contribution < 1.29 is 80.2 Å². The Bertz CT molecular complexity index is 1910. The highest BCUT2D eigenvalue weighted by Gasteiger charge is 2.30. The van der Waals surface area contributed by atoms with Gasteiger partial charge in [0.1, 0.15) is 19.3 Å². The Balaban J connectivity index is 5.18. The minimum Gasteiger partial charge on any atom is -0.462 e. The second kappa shape index (κ2) is 71.7. The third-order valence-corrected chi connectivity index (χ3v) is 21.0. The number of ether oxygens (including phenoxy) is 4. The van der Waals surface area contributed by atoms with Crippen molar-refractivity contribution in [2.45, 2.75) is 439 Å². The van der Waals surface area contributed by atoms with Crippen LogP contribution in [-0.2, 0) is 65.4 Å². The first kappa shape index (κ1) is 97.1. The van der Waals surface area contributed by atoms with E-state index in [1.165, 1.54) is 231 Å². The maximum absolute atomic E-state index is 13.1. The summed E-state index contributed by atoms with van der Waals surface area (Å²) in [5.74, 6) is -0.442. The summed E-state index contributed by atoms with van der Waals surface area (Å²) >= 11 is 0. The number of esters is 4. The summed E-state index contributed by atoms with van der Waals surface area (Å²) in [6, 6.07) is 0. The number of hydrogen-bond acceptors (Lipinski definition) is 15. The number of phosphoric acid groups is 2. The van der Waals surface area contributed by atoms with E-state index in [9.17, 15) is 43.2 Å². The molecule has 0 radical (unpaired) electrons. The summed E-state index contributed by atoms with van der Waals surface area (Å²) in [5, 5.41) is 10.6. The van der Waals surface area contributed by atoms with Crippen LogP contribution in [0.15, 0.2) is 0 Å². The highest BCUT2D eigenvalue weighted by molar-refractivity contribution is 7.47. The van der Waals surface area contributed by atoms with Gasteiger partial charge in [0.25, 0.3) is 0 Å². The lowest BCUT2D eigenvalue weighted by atomic mass is 9.99. The van der Waals surface area contributed by atoms with Crippen LogP contribution in [0.2, 0.25) is 0 Å². The van der Waals surface area contributed by atoms with E-state index in [2.05, 4.69) is 41.5 Å². The van der Waals surface area contributed by atoms with Gasteiger partial charge >= 0.3 is 39.5 Å². The van der Waals surface area contributed by atoms with Gasteiger partial charge in [-0.3, -0.25) is 37.3 Å². The fourth-order valence-electron chi connectivity index (χ4n) is 12.3. The maximum Gasteiger partial charge on any atom is 0.472 e. The molecule has 17 nitrogen and oxygen atoms in total. The predicted molar refractivity (Wildman–Crippen MR) is 405 cm³/mol. The number of phosphoric ester groups is 2. The average molecular weight is 1450 g/mol. The zero-order chi connectivity index (χ0) is 72.8. The van der Waals surface area contributed by atoms with Crippen LogP contribution < -0.4 is 0 Å². The van der Waals surface area contributed by atoms with Gasteiger partial charge in [0.15, 0.2) is 12.2 Å². The standard InChI is InChI=1S/C80H156O17P2/c1-7-10-12-14-16-18-19-34-40-46-52-58-64-79(84)96-75(68-90-77(82)62-56-50-44-17-15-13-11-8-2)70-94-98(86,87)92-66-74(81)67-93-99(88,89)95-71-76(69-91-78(83)63-57-51-45-39-35-30-27-26-28-32-37-42-48-54-60-72(4)5)97-80(85)65-59-53-47-41-36-31-25-23-21-20-22-24-29-33-38-43-49-55-61-73(6)9-3/h72-76,81H,7-71H2,1-6H3,(H,86,87)(H,88,89)/t73?,74-,75+,76+/m0/s1. The molecule has 0 aromatic heterocycles. The van der Waals surface area contributed by atoms with E-state index in [0.717, 1.165) is 108 Å². The van der Waals surface area contributed by atoms with Gasteiger partial charge in [-0.25, -0.2) is 9.13 Å². The van der Waals surface area contributed by atoms with Crippen molar-refractivity contribution in [3.8, 4) is 0 Å². The van der Waals surface area contributed by atoms with Crippen LogP contribution in [0.4, 0.5) is 0 Å². The third kappa shape index (κ3) is 72.8. The number of carbonyl (C=O) groups is 4. The molecule has 0 fully saturated rings. The molecule has 588 valence electrons. The zero-order valence-electron chi connectivity index (χ0n) is 64.8. The van der Waals surface area contributed by atoms with E-state index in [4.69, 9.17) is 37.0 Å². The Labute approximate surface area is 607 Å². The molecule has 3 unspecified atom stereocenters. The molecule has 0 heterocycles. The van der Waals surface area contributed by atoms with Gasteiger partial charge in [-0.15, -0.1) is 0 Å². The van der Waals surface area contributed by atoms with Crippen molar-refractivity contribution in [2.75, 3.05) is 39.6 Å². The highest BCUT2D eigenvalue weighted by Crippen LogP contribution is 2.45.